The number of aliphatic hydroxyl groups is 1. The van der Waals surface area contributed by atoms with E-state index in [9.17, 15) is 9.90 Å². The third-order valence-corrected chi connectivity index (χ3v) is 3.39. The van der Waals surface area contributed by atoms with Crippen molar-refractivity contribution in [3.63, 3.8) is 0 Å². The first kappa shape index (κ1) is 14.0. The van der Waals surface area contributed by atoms with E-state index in [1.807, 2.05) is 36.9 Å². The van der Waals surface area contributed by atoms with Crippen molar-refractivity contribution in [3.8, 4) is 5.75 Å². The molecule has 1 aliphatic rings. The van der Waals surface area contributed by atoms with E-state index in [2.05, 4.69) is 0 Å². The number of hydrogen-bond acceptors (Lipinski definition) is 4. The Balaban J connectivity index is 2.04. The van der Waals surface area contributed by atoms with Crippen LogP contribution in [0.15, 0.2) is 24.3 Å². The summed E-state index contributed by atoms with van der Waals surface area (Å²) in [5.41, 5.74) is -0.0458. The molecule has 2 rings (SSSR count). The average Bonchev–Trinajstić information content (AvgIpc) is 2.69. The average molecular weight is 263 g/mol. The monoisotopic (exact) mass is 263 g/mol. The third kappa shape index (κ3) is 3.55. The van der Waals surface area contributed by atoms with Crippen LogP contribution in [0.1, 0.15) is 30.6 Å². The fourth-order valence-electron chi connectivity index (χ4n) is 2.44. The van der Waals surface area contributed by atoms with Gasteiger partial charge in [-0.1, -0.05) is 12.1 Å². The van der Waals surface area contributed by atoms with E-state index < -0.39 is 5.60 Å². The summed E-state index contributed by atoms with van der Waals surface area (Å²) >= 11 is 0. The smallest absolute Gasteiger partial charge is 0.180 e. The van der Waals surface area contributed by atoms with Gasteiger partial charge < -0.3 is 9.84 Å². The topological polar surface area (TPSA) is 49.8 Å². The maximum atomic E-state index is 12.3. The highest BCUT2D eigenvalue weighted by Crippen LogP contribution is 2.23. The molecule has 1 aliphatic heterocycles. The molecule has 0 amide bonds. The van der Waals surface area contributed by atoms with E-state index in [1.54, 1.807) is 6.07 Å². The van der Waals surface area contributed by atoms with Gasteiger partial charge in [-0.25, -0.2) is 0 Å². The second-order valence-electron chi connectivity index (χ2n) is 5.31. The van der Waals surface area contributed by atoms with Crippen LogP contribution in [0.2, 0.25) is 0 Å². The van der Waals surface area contributed by atoms with Gasteiger partial charge in [0.25, 0.3) is 0 Å². The lowest BCUT2D eigenvalue weighted by Gasteiger charge is -2.18. The van der Waals surface area contributed by atoms with Gasteiger partial charge >= 0.3 is 0 Å². The van der Waals surface area contributed by atoms with Gasteiger partial charge in [0.1, 0.15) is 5.75 Å². The Kier molecular flexibility index (Phi) is 4.22. The molecule has 0 radical (unpaired) electrons. The van der Waals surface area contributed by atoms with Gasteiger partial charge in [-0.15, -0.1) is 0 Å². The number of ketones is 1. The molecule has 0 saturated carbocycles. The molecular weight excluding hydrogens is 242 g/mol. The van der Waals surface area contributed by atoms with Crippen LogP contribution in [0.4, 0.5) is 0 Å². The quantitative estimate of drug-likeness (QED) is 0.822. The van der Waals surface area contributed by atoms with Gasteiger partial charge in [0.2, 0.25) is 0 Å². The van der Waals surface area contributed by atoms with Gasteiger partial charge in [0, 0.05) is 13.1 Å². The third-order valence-electron chi connectivity index (χ3n) is 3.39. The molecule has 1 atom stereocenters. The number of para-hydroxylation sites is 1. The highest BCUT2D eigenvalue weighted by molar-refractivity contribution is 6.00. The minimum absolute atomic E-state index is 0.0433. The summed E-state index contributed by atoms with van der Waals surface area (Å²) in [4.78, 5) is 14.3. The molecule has 1 fully saturated rings. The van der Waals surface area contributed by atoms with E-state index in [0.29, 0.717) is 37.4 Å². The zero-order valence-electron chi connectivity index (χ0n) is 11.6. The van der Waals surface area contributed by atoms with Crippen molar-refractivity contribution < 1.29 is 14.6 Å². The van der Waals surface area contributed by atoms with Crippen molar-refractivity contribution in [3.05, 3.63) is 29.8 Å². The van der Waals surface area contributed by atoms with Gasteiger partial charge in [-0.3, -0.25) is 9.69 Å². The Morgan fingerprint density at radius 2 is 2.21 bits per heavy atom. The first-order chi connectivity index (χ1) is 9.02. The van der Waals surface area contributed by atoms with Crippen LogP contribution in [0, 0.1) is 0 Å². The minimum Gasteiger partial charge on any atom is -0.493 e. The SMILES string of the molecule is CCOc1ccccc1C(=O)CN1CCC(C)(O)C1. The van der Waals surface area contributed by atoms with Crippen molar-refractivity contribution in [1.29, 1.82) is 0 Å². The number of rotatable bonds is 5. The first-order valence-corrected chi connectivity index (χ1v) is 6.71. The van der Waals surface area contributed by atoms with E-state index >= 15 is 0 Å². The minimum atomic E-state index is -0.667. The highest BCUT2D eigenvalue weighted by atomic mass is 16.5. The van der Waals surface area contributed by atoms with Crippen LogP contribution in [0.25, 0.3) is 0 Å². The Morgan fingerprint density at radius 1 is 1.47 bits per heavy atom. The fraction of sp³-hybridized carbons (Fsp3) is 0.533. The largest absolute Gasteiger partial charge is 0.493 e. The lowest BCUT2D eigenvalue weighted by Crippen LogP contribution is -2.33. The van der Waals surface area contributed by atoms with Crippen LogP contribution >= 0.6 is 0 Å². The Morgan fingerprint density at radius 3 is 2.84 bits per heavy atom. The molecule has 1 saturated heterocycles. The molecule has 1 aromatic rings. The van der Waals surface area contributed by atoms with Crippen molar-refractivity contribution in [1.82, 2.24) is 4.90 Å². The summed E-state index contributed by atoms with van der Waals surface area (Å²) in [5.74, 6) is 0.683. The zero-order chi connectivity index (χ0) is 13.9. The van der Waals surface area contributed by atoms with Crippen molar-refractivity contribution in [2.24, 2.45) is 0 Å². The molecule has 1 unspecified atom stereocenters. The summed E-state index contributed by atoms with van der Waals surface area (Å²) in [6.45, 7) is 5.90. The summed E-state index contributed by atoms with van der Waals surface area (Å²) in [6.07, 6.45) is 0.716. The molecule has 19 heavy (non-hydrogen) atoms. The molecular formula is C15H21NO3. The van der Waals surface area contributed by atoms with E-state index in [4.69, 9.17) is 4.74 Å². The molecule has 4 nitrogen and oxygen atoms in total. The number of carbonyl (C=O) groups is 1. The summed E-state index contributed by atoms with van der Waals surface area (Å²) in [7, 11) is 0. The molecule has 104 valence electrons. The van der Waals surface area contributed by atoms with Crippen LogP contribution in [-0.4, -0.2) is 47.6 Å². The fourth-order valence-corrected chi connectivity index (χ4v) is 2.44. The summed E-state index contributed by atoms with van der Waals surface area (Å²) in [6, 6.07) is 7.32. The standard InChI is InChI=1S/C15H21NO3/c1-3-19-14-7-5-4-6-12(14)13(17)10-16-9-8-15(2,18)11-16/h4-7,18H,3,8-11H2,1-2H3. The maximum Gasteiger partial charge on any atom is 0.180 e. The van der Waals surface area contributed by atoms with Crippen LogP contribution < -0.4 is 4.74 Å². The lowest BCUT2D eigenvalue weighted by molar-refractivity contribution is 0.0669. The van der Waals surface area contributed by atoms with Crippen LogP contribution in [0.3, 0.4) is 0 Å². The number of carbonyl (C=O) groups excluding carboxylic acids is 1. The van der Waals surface area contributed by atoms with Gasteiger partial charge in [0.05, 0.1) is 24.3 Å². The van der Waals surface area contributed by atoms with E-state index in [-0.39, 0.29) is 5.78 Å². The Bertz CT molecular complexity index is 456. The maximum absolute atomic E-state index is 12.3. The summed E-state index contributed by atoms with van der Waals surface area (Å²) in [5, 5.41) is 9.91. The molecule has 0 aliphatic carbocycles. The van der Waals surface area contributed by atoms with E-state index in [1.165, 1.54) is 0 Å². The molecule has 0 bridgehead atoms. The number of ether oxygens (including phenoxy) is 1. The summed E-state index contributed by atoms with van der Waals surface area (Å²) < 4.78 is 5.47. The van der Waals surface area contributed by atoms with E-state index in [0.717, 1.165) is 6.54 Å². The molecule has 4 heteroatoms. The van der Waals surface area contributed by atoms with Gasteiger partial charge in [-0.2, -0.15) is 0 Å². The predicted octanol–water partition coefficient (Wildman–Crippen LogP) is 1.72. The van der Waals surface area contributed by atoms with Crippen molar-refractivity contribution >= 4 is 5.78 Å². The Labute approximate surface area is 114 Å². The molecule has 0 spiro atoms. The molecule has 0 aromatic heterocycles. The number of benzene rings is 1. The molecule has 1 N–H and O–H groups in total. The second-order valence-corrected chi connectivity index (χ2v) is 5.31. The van der Waals surface area contributed by atoms with Crippen molar-refractivity contribution in [2.75, 3.05) is 26.2 Å². The number of likely N-dealkylation sites (tertiary alicyclic amines) is 1. The normalized spacial score (nSPS) is 23.5. The highest BCUT2D eigenvalue weighted by Gasteiger charge is 2.32. The van der Waals surface area contributed by atoms with Crippen molar-refractivity contribution in [2.45, 2.75) is 25.9 Å². The van der Waals surface area contributed by atoms with Crippen LogP contribution in [0.5, 0.6) is 5.75 Å². The molecule has 1 aromatic carbocycles. The van der Waals surface area contributed by atoms with Crippen LogP contribution in [-0.2, 0) is 0 Å². The first-order valence-electron chi connectivity index (χ1n) is 6.71. The number of β-amino-alcohol motifs (C(OH)–C–C–N with tert-alkyl or cyclic N) is 1. The molecule has 1 heterocycles. The Hall–Kier alpha value is -1.39. The lowest BCUT2D eigenvalue weighted by atomic mass is 10.1. The van der Waals surface area contributed by atoms with Gasteiger partial charge in [0.15, 0.2) is 5.78 Å². The number of nitrogens with zero attached hydrogens (tertiary/aromatic N) is 1. The second kappa shape index (κ2) is 5.72. The van der Waals surface area contributed by atoms with Gasteiger partial charge in [-0.05, 0) is 32.4 Å². The zero-order valence-corrected chi connectivity index (χ0v) is 11.6. The number of hydrogen-bond donors (Lipinski definition) is 1. The predicted molar refractivity (Wildman–Crippen MR) is 73.6 cm³/mol. The number of Topliss-reactive ketones (excluding diaryl/α,β-unsaturated/α-hetero) is 1.